The van der Waals surface area contributed by atoms with Crippen molar-refractivity contribution >= 4 is 36.0 Å². The highest BCUT2D eigenvalue weighted by Gasteiger charge is 2.24. The second-order valence-electron chi connectivity index (χ2n) is 7.33. The molecule has 1 aliphatic heterocycles. The van der Waals surface area contributed by atoms with E-state index in [4.69, 9.17) is 14.1 Å². The Labute approximate surface area is 201 Å². The van der Waals surface area contributed by atoms with Crippen LogP contribution in [0.3, 0.4) is 0 Å². The van der Waals surface area contributed by atoms with Gasteiger partial charge in [0.25, 0.3) is 0 Å². The maximum atomic E-state index is 11.9. The predicted molar refractivity (Wildman–Crippen MR) is 133 cm³/mol. The lowest BCUT2D eigenvalue weighted by molar-refractivity contribution is 0.0963. The number of furan rings is 1. The van der Waals surface area contributed by atoms with Crippen LogP contribution in [0.5, 0.6) is 0 Å². The summed E-state index contributed by atoms with van der Waals surface area (Å²) in [5.41, 5.74) is 1.29. The number of hydrogen-bond donors (Lipinski definition) is 2. The van der Waals surface area contributed by atoms with E-state index < -0.39 is 0 Å². The molecule has 31 heavy (non-hydrogen) atoms. The first kappa shape index (κ1) is 25.0. The van der Waals surface area contributed by atoms with Crippen molar-refractivity contribution in [3.05, 3.63) is 60.1 Å². The molecule has 0 saturated carbocycles. The summed E-state index contributed by atoms with van der Waals surface area (Å²) >= 11 is 0. The number of ether oxygens (including phenoxy) is 1. The summed E-state index contributed by atoms with van der Waals surface area (Å²) in [5.74, 6) is 1.75. The number of nitrogens with one attached hydrogen (secondary N) is 2. The molecular weight excluding hydrogens is 507 g/mol. The number of benzene rings is 1. The average molecular weight is 540 g/mol. The first-order valence-electron chi connectivity index (χ1n) is 10.8. The van der Waals surface area contributed by atoms with Crippen LogP contribution >= 0.6 is 24.0 Å². The second kappa shape index (κ2) is 14.0. The Bertz CT molecular complexity index is 775. The summed E-state index contributed by atoms with van der Waals surface area (Å²) in [5, 5.41) is 7.00. The number of halogens is 1. The third-order valence-corrected chi connectivity index (χ3v) is 5.12. The number of hydrogen-bond acceptors (Lipinski definition) is 4. The number of guanidine groups is 1. The van der Waals surface area contributed by atoms with Gasteiger partial charge in [0, 0.05) is 38.6 Å². The van der Waals surface area contributed by atoms with E-state index in [1.165, 1.54) is 5.56 Å². The zero-order valence-corrected chi connectivity index (χ0v) is 20.4. The van der Waals surface area contributed by atoms with E-state index in [0.717, 1.165) is 43.9 Å². The van der Waals surface area contributed by atoms with Gasteiger partial charge in [-0.25, -0.2) is 4.79 Å². The van der Waals surface area contributed by atoms with Crippen molar-refractivity contribution in [1.29, 1.82) is 0 Å². The van der Waals surface area contributed by atoms with E-state index in [1.807, 2.05) is 25.1 Å². The van der Waals surface area contributed by atoms with Gasteiger partial charge in [-0.2, -0.15) is 0 Å². The molecule has 0 bridgehead atoms. The number of carbonyl (C=O) groups excluding carboxylic acids is 1. The molecule has 1 fully saturated rings. The fourth-order valence-electron chi connectivity index (χ4n) is 3.47. The van der Waals surface area contributed by atoms with Gasteiger partial charge in [-0.1, -0.05) is 30.3 Å². The number of rotatable bonds is 8. The van der Waals surface area contributed by atoms with Crippen LogP contribution in [0.1, 0.15) is 31.1 Å². The van der Waals surface area contributed by atoms with Crippen molar-refractivity contribution in [3.8, 4) is 0 Å². The summed E-state index contributed by atoms with van der Waals surface area (Å²) < 4.78 is 10.5. The van der Waals surface area contributed by atoms with Gasteiger partial charge in [0.05, 0.1) is 12.9 Å². The highest BCUT2D eigenvalue weighted by atomic mass is 127. The van der Waals surface area contributed by atoms with Crippen LogP contribution in [0, 0.1) is 0 Å². The fraction of sp³-hybridized carbons (Fsp3) is 0.478. The molecule has 2 N–H and O–H groups in total. The van der Waals surface area contributed by atoms with E-state index in [0.29, 0.717) is 26.2 Å². The summed E-state index contributed by atoms with van der Waals surface area (Å²) in [6.07, 6.45) is 4.91. The van der Waals surface area contributed by atoms with Crippen molar-refractivity contribution in [2.45, 2.75) is 38.6 Å². The van der Waals surface area contributed by atoms with E-state index >= 15 is 0 Å². The quantitative estimate of drug-likeness (QED) is 0.302. The highest BCUT2D eigenvalue weighted by Crippen LogP contribution is 2.11. The Morgan fingerprint density at radius 1 is 1.16 bits per heavy atom. The van der Waals surface area contributed by atoms with Gasteiger partial charge in [0.1, 0.15) is 5.76 Å². The predicted octanol–water partition coefficient (Wildman–Crippen LogP) is 3.84. The zero-order chi connectivity index (χ0) is 21.0. The van der Waals surface area contributed by atoms with Crippen LogP contribution in [-0.2, 0) is 17.6 Å². The van der Waals surface area contributed by atoms with Crippen molar-refractivity contribution in [2.24, 2.45) is 4.99 Å². The Morgan fingerprint density at radius 3 is 2.61 bits per heavy atom. The van der Waals surface area contributed by atoms with Crippen molar-refractivity contribution < 1.29 is 13.9 Å². The molecule has 2 aromatic rings. The summed E-state index contributed by atoms with van der Waals surface area (Å²) in [6, 6.07) is 14.6. The summed E-state index contributed by atoms with van der Waals surface area (Å²) in [6.45, 7) is 5.09. The first-order chi connectivity index (χ1) is 14.7. The number of amides is 1. The zero-order valence-electron chi connectivity index (χ0n) is 18.1. The Balaban J connectivity index is 0.00000341. The number of carbonyl (C=O) groups is 1. The van der Waals surface area contributed by atoms with Gasteiger partial charge in [0.2, 0.25) is 0 Å². The average Bonchev–Trinajstić information content (AvgIpc) is 3.28. The Kier molecular flexibility index (Phi) is 11.3. The summed E-state index contributed by atoms with van der Waals surface area (Å²) in [7, 11) is 0. The largest absolute Gasteiger partial charge is 0.469 e. The monoisotopic (exact) mass is 540 g/mol. The number of aliphatic imine (C=N–C) groups is 1. The molecule has 3 rings (SSSR count). The van der Waals surface area contributed by atoms with Gasteiger partial charge in [-0.15, -0.1) is 24.0 Å². The lowest BCUT2D eigenvalue weighted by atomic mass is 10.1. The van der Waals surface area contributed by atoms with Crippen LogP contribution < -0.4 is 10.6 Å². The molecule has 1 aromatic heterocycles. The molecule has 8 heteroatoms. The van der Waals surface area contributed by atoms with Gasteiger partial charge in [0.15, 0.2) is 5.96 Å². The lowest BCUT2D eigenvalue weighted by Crippen LogP contribution is -2.50. The van der Waals surface area contributed by atoms with Gasteiger partial charge in [-0.05, 0) is 43.9 Å². The molecule has 0 aliphatic carbocycles. The van der Waals surface area contributed by atoms with Crippen molar-refractivity contribution in [2.75, 3.05) is 32.8 Å². The maximum absolute atomic E-state index is 11.9. The van der Waals surface area contributed by atoms with Crippen molar-refractivity contribution in [1.82, 2.24) is 15.5 Å². The lowest BCUT2D eigenvalue weighted by Gasteiger charge is -2.32. The normalized spacial score (nSPS) is 14.6. The SMILES string of the molecule is CCOC(=O)N1CCC(NC(=NCCc2ccco2)NCCc2ccccc2)CC1.I. The second-order valence-corrected chi connectivity index (χ2v) is 7.33. The minimum atomic E-state index is -0.218. The maximum Gasteiger partial charge on any atom is 0.409 e. The van der Waals surface area contributed by atoms with E-state index in [9.17, 15) is 4.79 Å². The molecule has 0 radical (unpaired) electrons. The number of piperidine rings is 1. The first-order valence-corrected chi connectivity index (χ1v) is 10.8. The Morgan fingerprint density at radius 2 is 1.94 bits per heavy atom. The molecular formula is C23H33IN4O3. The standard InChI is InChI=1S/C23H32N4O3.HI/c1-2-29-23(28)27-16-12-20(13-17-27)26-22(25-15-11-21-9-6-18-30-21)24-14-10-19-7-4-3-5-8-19;/h3-9,18,20H,2,10-17H2,1H3,(H2,24,25,26);1H. The van der Waals surface area contributed by atoms with Gasteiger partial charge >= 0.3 is 6.09 Å². The van der Waals surface area contributed by atoms with Crippen LogP contribution in [-0.4, -0.2) is 55.8 Å². The van der Waals surface area contributed by atoms with Crippen LogP contribution in [0.4, 0.5) is 4.79 Å². The summed E-state index contributed by atoms with van der Waals surface area (Å²) in [4.78, 5) is 18.4. The molecule has 1 amide bonds. The third-order valence-electron chi connectivity index (χ3n) is 5.12. The molecule has 1 aromatic carbocycles. The van der Waals surface area contributed by atoms with Gasteiger partial charge in [-0.3, -0.25) is 4.99 Å². The van der Waals surface area contributed by atoms with Gasteiger partial charge < -0.3 is 24.7 Å². The molecule has 0 atom stereocenters. The van der Waals surface area contributed by atoms with Crippen LogP contribution in [0.25, 0.3) is 0 Å². The smallest absolute Gasteiger partial charge is 0.409 e. The molecule has 2 heterocycles. The molecule has 0 spiro atoms. The third kappa shape index (κ3) is 8.80. The molecule has 1 saturated heterocycles. The number of nitrogens with zero attached hydrogens (tertiary/aromatic N) is 2. The van der Waals surface area contributed by atoms with Crippen LogP contribution in [0.15, 0.2) is 58.1 Å². The molecule has 7 nitrogen and oxygen atoms in total. The highest BCUT2D eigenvalue weighted by molar-refractivity contribution is 14.0. The minimum absolute atomic E-state index is 0. The van der Waals surface area contributed by atoms with Crippen molar-refractivity contribution in [3.63, 3.8) is 0 Å². The molecule has 170 valence electrons. The topological polar surface area (TPSA) is 79.1 Å². The van der Waals surface area contributed by atoms with E-state index in [2.05, 4.69) is 34.9 Å². The fourth-order valence-corrected chi connectivity index (χ4v) is 3.47. The molecule has 1 aliphatic rings. The van der Waals surface area contributed by atoms with E-state index in [1.54, 1.807) is 11.2 Å². The molecule has 0 unspecified atom stereocenters. The van der Waals surface area contributed by atoms with E-state index in [-0.39, 0.29) is 36.1 Å². The number of likely N-dealkylation sites (tertiary alicyclic amines) is 1. The minimum Gasteiger partial charge on any atom is -0.469 e. The Hall–Kier alpha value is -2.23. The van der Waals surface area contributed by atoms with Crippen LogP contribution in [0.2, 0.25) is 0 Å².